The monoisotopic (exact) mass is 307 g/mol. The Balaban J connectivity index is 2.09. The molecule has 0 aliphatic carbocycles. The first-order valence-corrected chi connectivity index (χ1v) is 7.21. The lowest BCUT2D eigenvalue weighted by Crippen LogP contribution is -2.30. The molecule has 0 bridgehead atoms. The van der Waals surface area contributed by atoms with Crippen LogP contribution in [0.3, 0.4) is 0 Å². The van der Waals surface area contributed by atoms with E-state index in [4.69, 9.17) is 12.2 Å². The molecule has 1 aliphatic rings. The summed E-state index contributed by atoms with van der Waals surface area (Å²) in [6, 6.07) is 9.56. The molecule has 0 spiro atoms. The van der Waals surface area contributed by atoms with Crippen molar-refractivity contribution >= 4 is 46.3 Å². The number of hydrogen-bond acceptors (Lipinski definition) is 5. The van der Waals surface area contributed by atoms with Crippen molar-refractivity contribution in [3.05, 3.63) is 40.8 Å². The Morgan fingerprint density at radius 3 is 2.75 bits per heavy atom. The summed E-state index contributed by atoms with van der Waals surface area (Å²) in [5.41, 5.74) is 0.945. The van der Waals surface area contributed by atoms with Gasteiger partial charge in [-0.25, -0.2) is 0 Å². The Morgan fingerprint density at radius 1 is 1.40 bits per heavy atom. The number of esters is 1. The van der Waals surface area contributed by atoms with E-state index < -0.39 is 0 Å². The predicted molar refractivity (Wildman–Crippen MR) is 83.0 cm³/mol. The topological polar surface area (TPSA) is 46.6 Å². The third kappa shape index (κ3) is 3.46. The van der Waals surface area contributed by atoms with Gasteiger partial charge in [0.2, 0.25) is 0 Å². The van der Waals surface area contributed by atoms with Crippen LogP contribution in [-0.4, -0.2) is 34.8 Å². The highest BCUT2D eigenvalue weighted by molar-refractivity contribution is 8.26. The van der Waals surface area contributed by atoms with Crippen LogP contribution in [0.25, 0.3) is 6.08 Å². The number of carbonyl (C=O) groups excluding carboxylic acids is 2. The Morgan fingerprint density at radius 2 is 2.10 bits per heavy atom. The van der Waals surface area contributed by atoms with Crippen LogP contribution in [0, 0.1) is 0 Å². The van der Waals surface area contributed by atoms with Crippen molar-refractivity contribution in [3.8, 4) is 0 Å². The van der Waals surface area contributed by atoms with Gasteiger partial charge in [0.25, 0.3) is 5.91 Å². The molecule has 1 heterocycles. The number of thioether (sulfide) groups is 1. The van der Waals surface area contributed by atoms with Crippen LogP contribution >= 0.6 is 24.0 Å². The molecule has 104 valence electrons. The van der Waals surface area contributed by atoms with Crippen LogP contribution in [-0.2, 0) is 14.3 Å². The van der Waals surface area contributed by atoms with E-state index in [9.17, 15) is 9.59 Å². The third-order valence-electron chi connectivity index (χ3n) is 2.74. The van der Waals surface area contributed by atoms with Gasteiger partial charge in [-0.05, 0) is 11.6 Å². The molecule has 1 fully saturated rings. The zero-order valence-electron chi connectivity index (χ0n) is 10.9. The van der Waals surface area contributed by atoms with Crippen molar-refractivity contribution in [3.63, 3.8) is 0 Å². The van der Waals surface area contributed by atoms with E-state index in [1.165, 1.54) is 23.8 Å². The maximum atomic E-state index is 12.2. The fourth-order valence-corrected chi connectivity index (χ4v) is 3.01. The number of carbonyl (C=O) groups is 2. The highest BCUT2D eigenvalue weighted by Gasteiger charge is 2.32. The van der Waals surface area contributed by atoms with Gasteiger partial charge in [-0.3, -0.25) is 14.5 Å². The van der Waals surface area contributed by atoms with Gasteiger partial charge in [0, 0.05) is 6.54 Å². The highest BCUT2D eigenvalue weighted by atomic mass is 32.2. The molecular weight excluding hydrogens is 294 g/mol. The molecule has 0 unspecified atom stereocenters. The Hall–Kier alpha value is -1.66. The van der Waals surface area contributed by atoms with Crippen LogP contribution in [0.1, 0.15) is 12.0 Å². The van der Waals surface area contributed by atoms with Crippen LogP contribution in [0.2, 0.25) is 0 Å². The van der Waals surface area contributed by atoms with E-state index in [2.05, 4.69) is 4.74 Å². The molecular formula is C14H13NO3S2. The number of hydrogen-bond donors (Lipinski definition) is 0. The van der Waals surface area contributed by atoms with Gasteiger partial charge in [0.05, 0.1) is 18.4 Å². The molecule has 0 saturated carbocycles. The molecule has 1 amide bonds. The van der Waals surface area contributed by atoms with E-state index in [0.29, 0.717) is 9.23 Å². The quantitative estimate of drug-likeness (QED) is 0.486. The first-order chi connectivity index (χ1) is 9.61. The highest BCUT2D eigenvalue weighted by Crippen LogP contribution is 2.32. The number of methoxy groups -OCH3 is 1. The average Bonchev–Trinajstić information content (AvgIpc) is 2.72. The fraction of sp³-hybridized carbons (Fsp3) is 0.214. The van der Waals surface area contributed by atoms with Crippen molar-refractivity contribution in [1.29, 1.82) is 0 Å². The molecule has 2 rings (SSSR count). The van der Waals surface area contributed by atoms with Gasteiger partial charge in [-0.1, -0.05) is 54.3 Å². The Kier molecular flexibility index (Phi) is 4.92. The van der Waals surface area contributed by atoms with Gasteiger partial charge in [-0.2, -0.15) is 0 Å². The van der Waals surface area contributed by atoms with E-state index in [0.717, 1.165) is 5.56 Å². The van der Waals surface area contributed by atoms with Gasteiger partial charge in [-0.15, -0.1) is 0 Å². The fourth-order valence-electron chi connectivity index (χ4n) is 1.70. The van der Waals surface area contributed by atoms with E-state index in [1.807, 2.05) is 30.3 Å². The van der Waals surface area contributed by atoms with Crippen molar-refractivity contribution in [2.75, 3.05) is 13.7 Å². The van der Waals surface area contributed by atoms with Crippen LogP contribution in [0.15, 0.2) is 35.2 Å². The molecule has 0 atom stereocenters. The SMILES string of the molecule is COC(=O)CCN1C(=O)/C(=C/c2ccccc2)SC1=S. The second-order valence-electron chi connectivity index (χ2n) is 4.07. The average molecular weight is 307 g/mol. The third-order valence-corrected chi connectivity index (χ3v) is 4.12. The summed E-state index contributed by atoms with van der Waals surface area (Å²) in [4.78, 5) is 25.4. The molecule has 0 radical (unpaired) electrons. The summed E-state index contributed by atoms with van der Waals surface area (Å²) in [6.45, 7) is 0.253. The Labute approximate surface area is 126 Å². The molecule has 6 heteroatoms. The standard InChI is InChI=1S/C14H13NO3S2/c1-18-12(16)7-8-15-13(17)11(20-14(15)19)9-10-5-3-2-4-6-10/h2-6,9H,7-8H2,1H3/b11-9-. The number of thiocarbonyl (C=S) groups is 1. The number of rotatable bonds is 4. The maximum absolute atomic E-state index is 12.2. The molecule has 0 N–H and O–H groups in total. The minimum absolute atomic E-state index is 0.140. The number of ether oxygens (including phenoxy) is 1. The number of amides is 1. The van der Waals surface area contributed by atoms with E-state index in [1.54, 1.807) is 6.08 Å². The van der Waals surface area contributed by atoms with E-state index in [-0.39, 0.29) is 24.8 Å². The van der Waals surface area contributed by atoms with Crippen LogP contribution in [0.4, 0.5) is 0 Å². The summed E-state index contributed by atoms with van der Waals surface area (Å²) >= 11 is 6.43. The summed E-state index contributed by atoms with van der Waals surface area (Å²) in [6.07, 6.45) is 1.94. The largest absolute Gasteiger partial charge is 0.469 e. The lowest BCUT2D eigenvalue weighted by molar-refractivity contribution is -0.140. The number of benzene rings is 1. The minimum Gasteiger partial charge on any atom is -0.469 e. The second-order valence-corrected chi connectivity index (χ2v) is 5.75. The molecule has 1 aromatic carbocycles. The molecule has 1 saturated heterocycles. The predicted octanol–water partition coefficient (Wildman–Crippen LogP) is 2.45. The number of nitrogens with zero attached hydrogens (tertiary/aromatic N) is 1. The van der Waals surface area contributed by atoms with E-state index >= 15 is 0 Å². The first kappa shape index (κ1) is 14.7. The van der Waals surface area contributed by atoms with Gasteiger partial charge >= 0.3 is 5.97 Å². The lowest BCUT2D eigenvalue weighted by atomic mass is 10.2. The normalized spacial score (nSPS) is 16.9. The van der Waals surface area contributed by atoms with Crippen LogP contribution < -0.4 is 0 Å². The van der Waals surface area contributed by atoms with Crippen molar-refractivity contribution < 1.29 is 14.3 Å². The summed E-state index contributed by atoms with van der Waals surface area (Å²) in [5.74, 6) is -0.515. The maximum Gasteiger partial charge on any atom is 0.307 e. The van der Waals surface area contributed by atoms with Crippen molar-refractivity contribution in [1.82, 2.24) is 4.90 Å². The van der Waals surface area contributed by atoms with Gasteiger partial charge < -0.3 is 4.74 Å². The summed E-state index contributed by atoms with van der Waals surface area (Å²) in [5, 5.41) is 0. The van der Waals surface area contributed by atoms with Gasteiger partial charge in [0.15, 0.2) is 0 Å². The zero-order chi connectivity index (χ0) is 14.5. The second kappa shape index (κ2) is 6.67. The molecule has 1 aliphatic heterocycles. The minimum atomic E-state index is -0.355. The van der Waals surface area contributed by atoms with Crippen LogP contribution in [0.5, 0.6) is 0 Å². The Bertz CT molecular complexity index is 569. The first-order valence-electron chi connectivity index (χ1n) is 5.99. The van der Waals surface area contributed by atoms with Gasteiger partial charge in [0.1, 0.15) is 4.32 Å². The van der Waals surface area contributed by atoms with Crippen molar-refractivity contribution in [2.24, 2.45) is 0 Å². The summed E-state index contributed by atoms with van der Waals surface area (Å²) in [7, 11) is 1.32. The smallest absolute Gasteiger partial charge is 0.307 e. The molecule has 20 heavy (non-hydrogen) atoms. The molecule has 0 aromatic heterocycles. The summed E-state index contributed by atoms with van der Waals surface area (Å²) < 4.78 is 5.03. The molecule has 1 aromatic rings. The molecule has 4 nitrogen and oxygen atoms in total. The lowest BCUT2D eigenvalue weighted by Gasteiger charge is -2.12. The van der Waals surface area contributed by atoms with Crippen molar-refractivity contribution in [2.45, 2.75) is 6.42 Å². The zero-order valence-corrected chi connectivity index (χ0v) is 12.5.